The fourth-order valence-corrected chi connectivity index (χ4v) is 6.99. The van der Waals surface area contributed by atoms with Gasteiger partial charge in [-0.3, -0.25) is 14.4 Å². The minimum atomic E-state index is 0.408. The van der Waals surface area contributed by atoms with Crippen molar-refractivity contribution >= 4 is 23.6 Å². The Morgan fingerprint density at radius 1 is 1.23 bits per heavy atom. The smallest absolute Gasteiger partial charge is 0.199 e. The Hall–Kier alpha value is -1.46. The lowest BCUT2D eigenvalue weighted by Gasteiger charge is -2.33. The highest BCUT2D eigenvalue weighted by atomic mass is 32.1. The molecule has 2 aromatic rings. The largest absolute Gasteiger partial charge is 0.296 e. The topological polar surface area (TPSA) is 29.2 Å². The van der Waals surface area contributed by atoms with Crippen molar-refractivity contribution in [2.45, 2.75) is 45.3 Å². The first-order valence-electron chi connectivity index (χ1n) is 11.3. The lowest BCUT2D eigenvalue weighted by molar-refractivity contribution is 0.111. The van der Waals surface area contributed by atoms with Gasteiger partial charge in [0.2, 0.25) is 0 Å². The number of fused-ring (bicyclic) bond motifs is 2. The van der Waals surface area contributed by atoms with Gasteiger partial charge in [0.05, 0.1) is 18.1 Å². The standard InChI is InChI=1S/C23H31N5S2/c1-3-8-25-9-11-26(12-10-25)16-27-23(29)28(22(24-27)21-5-4-13-30-21)17(2)20-15-18-6-7-19(20)14-18/h1,4-5,13,17-20H,6-12,14-16H2,2H3. The Morgan fingerprint density at radius 3 is 2.67 bits per heavy atom. The van der Waals surface area contributed by atoms with E-state index < -0.39 is 0 Å². The van der Waals surface area contributed by atoms with Crippen LogP contribution in [0.5, 0.6) is 0 Å². The summed E-state index contributed by atoms with van der Waals surface area (Å²) in [6.07, 6.45) is 11.1. The maximum absolute atomic E-state index is 6.02. The molecule has 3 aliphatic rings. The molecular weight excluding hydrogens is 410 g/mol. The monoisotopic (exact) mass is 441 g/mol. The van der Waals surface area contributed by atoms with Gasteiger partial charge in [-0.15, -0.1) is 22.9 Å². The van der Waals surface area contributed by atoms with Crippen molar-refractivity contribution in [2.24, 2.45) is 17.8 Å². The quantitative estimate of drug-likeness (QED) is 0.492. The van der Waals surface area contributed by atoms with Crippen molar-refractivity contribution in [3.05, 3.63) is 22.3 Å². The third-order valence-corrected chi connectivity index (χ3v) is 8.82. The second-order valence-corrected chi connectivity index (χ2v) is 10.6. The van der Waals surface area contributed by atoms with Gasteiger partial charge in [-0.25, -0.2) is 4.68 Å². The Labute approximate surface area is 188 Å². The molecule has 0 radical (unpaired) electrons. The molecule has 160 valence electrons. The van der Waals surface area contributed by atoms with Gasteiger partial charge in [0, 0.05) is 32.2 Å². The van der Waals surface area contributed by atoms with E-state index in [1.165, 1.54) is 30.6 Å². The summed E-state index contributed by atoms with van der Waals surface area (Å²) in [6.45, 7) is 7.92. The summed E-state index contributed by atoms with van der Waals surface area (Å²) in [5, 5.41) is 7.19. The Kier molecular flexibility index (Phi) is 5.85. The van der Waals surface area contributed by atoms with E-state index in [0.717, 1.165) is 67.7 Å². The fourth-order valence-electron chi connectivity index (χ4n) is 5.94. The minimum absolute atomic E-state index is 0.408. The number of rotatable bonds is 6. The van der Waals surface area contributed by atoms with Crippen LogP contribution in [-0.2, 0) is 6.67 Å². The van der Waals surface area contributed by atoms with Crippen molar-refractivity contribution < 1.29 is 0 Å². The van der Waals surface area contributed by atoms with Gasteiger partial charge in [-0.05, 0) is 67.6 Å². The predicted molar refractivity (Wildman–Crippen MR) is 125 cm³/mol. The molecule has 2 aromatic heterocycles. The first-order chi connectivity index (χ1) is 14.6. The molecule has 2 aliphatic carbocycles. The first-order valence-corrected chi connectivity index (χ1v) is 12.5. The molecule has 7 heteroatoms. The summed E-state index contributed by atoms with van der Waals surface area (Å²) in [5.41, 5.74) is 0. The molecule has 0 aromatic carbocycles. The summed E-state index contributed by atoms with van der Waals surface area (Å²) < 4.78 is 5.31. The highest BCUT2D eigenvalue weighted by molar-refractivity contribution is 7.71. The molecule has 2 saturated carbocycles. The molecule has 0 amide bonds. The maximum atomic E-state index is 6.02. The number of hydrogen-bond acceptors (Lipinski definition) is 5. The van der Waals surface area contributed by atoms with Crippen LogP contribution < -0.4 is 0 Å². The first kappa shape index (κ1) is 20.4. The number of aromatic nitrogens is 3. The van der Waals surface area contributed by atoms with E-state index in [4.69, 9.17) is 23.7 Å². The summed E-state index contributed by atoms with van der Waals surface area (Å²) >= 11 is 7.78. The highest BCUT2D eigenvalue weighted by Crippen LogP contribution is 2.52. The predicted octanol–water partition coefficient (Wildman–Crippen LogP) is 4.35. The summed E-state index contributed by atoms with van der Waals surface area (Å²) in [5.74, 6) is 6.36. The molecule has 4 unspecified atom stereocenters. The third kappa shape index (κ3) is 3.80. The Bertz CT molecular complexity index is 961. The van der Waals surface area contributed by atoms with Crippen LogP contribution in [0.25, 0.3) is 10.7 Å². The molecule has 30 heavy (non-hydrogen) atoms. The van der Waals surface area contributed by atoms with E-state index in [1.807, 2.05) is 0 Å². The number of hydrogen-bond donors (Lipinski definition) is 0. The van der Waals surface area contributed by atoms with Crippen LogP contribution in [0, 0.1) is 34.9 Å². The zero-order chi connectivity index (χ0) is 20.7. The van der Waals surface area contributed by atoms with E-state index in [2.05, 4.69) is 49.4 Å². The van der Waals surface area contributed by atoms with Gasteiger partial charge in [-0.1, -0.05) is 18.4 Å². The average Bonchev–Trinajstić information content (AvgIpc) is 3.54. The lowest BCUT2D eigenvalue weighted by Crippen LogP contribution is -2.46. The van der Waals surface area contributed by atoms with Gasteiger partial charge < -0.3 is 0 Å². The van der Waals surface area contributed by atoms with Crippen molar-refractivity contribution in [3.8, 4) is 23.0 Å². The van der Waals surface area contributed by atoms with E-state index >= 15 is 0 Å². The van der Waals surface area contributed by atoms with Crippen LogP contribution in [0.2, 0.25) is 0 Å². The molecule has 5 rings (SSSR count). The summed E-state index contributed by atoms with van der Waals surface area (Å²) in [7, 11) is 0. The average molecular weight is 442 g/mol. The van der Waals surface area contributed by atoms with Gasteiger partial charge in [-0.2, -0.15) is 0 Å². The van der Waals surface area contributed by atoms with E-state index in [1.54, 1.807) is 11.3 Å². The Balaban J connectivity index is 1.40. The summed E-state index contributed by atoms with van der Waals surface area (Å²) in [4.78, 5) is 6.00. The van der Waals surface area contributed by atoms with Crippen LogP contribution in [-0.4, -0.2) is 56.9 Å². The molecule has 2 bridgehead atoms. The van der Waals surface area contributed by atoms with Gasteiger partial charge in [0.15, 0.2) is 10.6 Å². The fraction of sp³-hybridized carbons (Fsp3) is 0.652. The van der Waals surface area contributed by atoms with E-state index in [-0.39, 0.29) is 0 Å². The van der Waals surface area contributed by atoms with Crippen LogP contribution in [0.4, 0.5) is 0 Å². The molecule has 0 spiro atoms. The van der Waals surface area contributed by atoms with Crippen molar-refractivity contribution in [1.82, 2.24) is 24.1 Å². The lowest BCUT2D eigenvalue weighted by atomic mass is 9.84. The SMILES string of the molecule is C#CCN1CCN(Cn2nc(-c3cccs3)n(C(C)C3CC4CCC3C4)c2=S)CC1. The second-order valence-electron chi connectivity index (χ2n) is 9.27. The zero-order valence-electron chi connectivity index (χ0n) is 17.7. The van der Waals surface area contributed by atoms with E-state index in [0.29, 0.717) is 6.04 Å². The Morgan fingerprint density at radius 2 is 2.03 bits per heavy atom. The molecule has 1 aliphatic heterocycles. The molecule has 5 nitrogen and oxygen atoms in total. The molecular formula is C23H31N5S2. The molecule has 4 atom stereocenters. The van der Waals surface area contributed by atoms with Crippen molar-refractivity contribution in [1.29, 1.82) is 0 Å². The molecule has 1 saturated heterocycles. The van der Waals surface area contributed by atoms with Crippen LogP contribution >= 0.6 is 23.6 Å². The second kappa shape index (κ2) is 8.58. The van der Waals surface area contributed by atoms with Crippen LogP contribution in [0.1, 0.15) is 38.6 Å². The van der Waals surface area contributed by atoms with Crippen LogP contribution in [0.3, 0.4) is 0 Å². The number of piperazine rings is 1. The molecule has 3 fully saturated rings. The number of nitrogens with zero attached hydrogens (tertiary/aromatic N) is 5. The maximum Gasteiger partial charge on any atom is 0.199 e. The van der Waals surface area contributed by atoms with Gasteiger partial charge >= 0.3 is 0 Å². The zero-order valence-corrected chi connectivity index (χ0v) is 19.4. The van der Waals surface area contributed by atoms with Crippen molar-refractivity contribution in [3.63, 3.8) is 0 Å². The van der Waals surface area contributed by atoms with Crippen LogP contribution in [0.15, 0.2) is 17.5 Å². The minimum Gasteiger partial charge on any atom is -0.296 e. The normalized spacial score (nSPS) is 28.1. The molecule has 0 N–H and O–H groups in total. The van der Waals surface area contributed by atoms with Crippen molar-refractivity contribution in [2.75, 3.05) is 32.7 Å². The van der Waals surface area contributed by atoms with Gasteiger partial charge in [0.25, 0.3) is 0 Å². The number of terminal acetylenes is 1. The van der Waals surface area contributed by atoms with E-state index in [9.17, 15) is 0 Å². The van der Waals surface area contributed by atoms with Gasteiger partial charge in [0.1, 0.15) is 0 Å². The summed E-state index contributed by atoms with van der Waals surface area (Å²) in [6, 6.07) is 4.69. The highest BCUT2D eigenvalue weighted by Gasteiger charge is 2.43. The number of thiophene rings is 1. The third-order valence-electron chi connectivity index (χ3n) is 7.55. The molecule has 3 heterocycles.